The molecule has 7 heteroatoms. The summed E-state index contributed by atoms with van der Waals surface area (Å²) in [7, 11) is -3.48. The van der Waals surface area contributed by atoms with Crippen LogP contribution in [0.5, 0.6) is 0 Å². The van der Waals surface area contributed by atoms with Crippen LogP contribution in [0.3, 0.4) is 0 Å². The third-order valence-corrected chi connectivity index (χ3v) is 6.86. The number of benzene rings is 2. The quantitative estimate of drug-likeness (QED) is 0.568. The molecule has 0 aliphatic heterocycles. The van der Waals surface area contributed by atoms with Gasteiger partial charge in [-0.15, -0.1) is 0 Å². The van der Waals surface area contributed by atoms with Crippen LogP contribution in [-0.2, 0) is 21.2 Å². The van der Waals surface area contributed by atoms with Crippen molar-refractivity contribution in [1.29, 1.82) is 0 Å². The predicted octanol–water partition coefficient (Wildman–Crippen LogP) is 3.23. The third kappa shape index (κ3) is 6.50. The highest BCUT2D eigenvalue weighted by Crippen LogP contribution is 2.20. The molecule has 6 nitrogen and oxygen atoms in total. The number of amides is 1. The Hall–Kier alpha value is -2.51. The molecular weight excluding hydrogens is 400 g/mol. The summed E-state index contributed by atoms with van der Waals surface area (Å²) in [6.45, 7) is 0.435. The van der Waals surface area contributed by atoms with Crippen molar-refractivity contribution in [2.45, 2.75) is 55.9 Å². The van der Waals surface area contributed by atoms with Crippen molar-refractivity contribution in [2.75, 3.05) is 6.54 Å². The molecule has 1 amide bonds. The molecule has 160 valence electrons. The largest absolute Gasteiger partial charge is 0.356 e. The predicted molar refractivity (Wildman–Crippen MR) is 116 cm³/mol. The van der Waals surface area contributed by atoms with E-state index in [0.717, 1.165) is 31.2 Å². The lowest BCUT2D eigenvalue weighted by atomic mass is 10.1. The van der Waals surface area contributed by atoms with E-state index >= 15 is 0 Å². The number of ketones is 1. The zero-order chi connectivity index (χ0) is 21.4. The van der Waals surface area contributed by atoms with Gasteiger partial charge in [0.05, 0.1) is 4.90 Å². The fourth-order valence-corrected chi connectivity index (χ4v) is 4.90. The minimum absolute atomic E-state index is 0.0404. The smallest absolute Gasteiger partial charge is 0.240 e. The molecule has 2 aromatic carbocycles. The van der Waals surface area contributed by atoms with E-state index in [1.165, 1.54) is 0 Å². The molecule has 0 heterocycles. The van der Waals surface area contributed by atoms with Crippen LogP contribution in [0.1, 0.15) is 54.4 Å². The first-order valence-corrected chi connectivity index (χ1v) is 11.9. The summed E-state index contributed by atoms with van der Waals surface area (Å²) in [5.74, 6) is -0.215. The minimum Gasteiger partial charge on any atom is -0.356 e. The molecule has 0 bridgehead atoms. The molecule has 1 saturated carbocycles. The van der Waals surface area contributed by atoms with Gasteiger partial charge >= 0.3 is 0 Å². The van der Waals surface area contributed by atoms with Crippen LogP contribution >= 0.6 is 0 Å². The Morgan fingerprint density at radius 3 is 2.23 bits per heavy atom. The van der Waals surface area contributed by atoms with Crippen LogP contribution in [0.2, 0.25) is 0 Å². The van der Waals surface area contributed by atoms with Crippen molar-refractivity contribution in [1.82, 2.24) is 10.0 Å². The van der Waals surface area contributed by atoms with Crippen molar-refractivity contribution in [3.05, 3.63) is 65.7 Å². The molecule has 0 aromatic heterocycles. The van der Waals surface area contributed by atoms with Crippen LogP contribution < -0.4 is 10.0 Å². The van der Waals surface area contributed by atoms with E-state index in [0.29, 0.717) is 18.5 Å². The molecule has 0 atom stereocenters. The molecular formula is C23H28N2O4S. The van der Waals surface area contributed by atoms with Crippen LogP contribution in [0.4, 0.5) is 0 Å². The number of rotatable bonds is 10. The van der Waals surface area contributed by atoms with Crippen molar-refractivity contribution in [3.63, 3.8) is 0 Å². The van der Waals surface area contributed by atoms with E-state index in [-0.39, 0.29) is 35.5 Å². The second-order valence-corrected chi connectivity index (χ2v) is 9.35. The van der Waals surface area contributed by atoms with Crippen LogP contribution in [-0.4, -0.2) is 32.7 Å². The van der Waals surface area contributed by atoms with Gasteiger partial charge in [0.1, 0.15) is 0 Å². The summed E-state index contributed by atoms with van der Waals surface area (Å²) in [6, 6.07) is 15.7. The Bertz CT molecular complexity index is 950. The van der Waals surface area contributed by atoms with Gasteiger partial charge in [0.25, 0.3) is 0 Å². The van der Waals surface area contributed by atoms with E-state index in [2.05, 4.69) is 10.0 Å². The normalized spacial score (nSPS) is 14.5. The topological polar surface area (TPSA) is 92.3 Å². The monoisotopic (exact) mass is 428 g/mol. The lowest BCUT2D eigenvalue weighted by Crippen LogP contribution is -2.32. The van der Waals surface area contributed by atoms with Gasteiger partial charge < -0.3 is 5.32 Å². The molecule has 1 aliphatic carbocycles. The number of nitrogens with one attached hydrogen (secondary N) is 2. The molecule has 2 aromatic rings. The van der Waals surface area contributed by atoms with E-state index in [1.54, 1.807) is 48.5 Å². The summed E-state index contributed by atoms with van der Waals surface area (Å²) < 4.78 is 27.6. The highest BCUT2D eigenvalue weighted by Gasteiger charge is 2.22. The lowest BCUT2D eigenvalue weighted by Gasteiger charge is -2.13. The van der Waals surface area contributed by atoms with Gasteiger partial charge in [0, 0.05) is 31.0 Å². The van der Waals surface area contributed by atoms with Gasteiger partial charge in [-0.25, -0.2) is 13.1 Å². The maximum atomic E-state index is 12.4. The molecule has 1 aliphatic rings. The second-order valence-electron chi connectivity index (χ2n) is 7.64. The average Bonchev–Trinajstić information content (AvgIpc) is 3.25. The molecule has 0 unspecified atom stereocenters. The Labute approximate surface area is 178 Å². The van der Waals surface area contributed by atoms with Gasteiger partial charge in [-0.1, -0.05) is 55.3 Å². The van der Waals surface area contributed by atoms with Gasteiger partial charge in [-0.2, -0.15) is 0 Å². The lowest BCUT2D eigenvalue weighted by molar-refractivity contribution is -0.121. The maximum Gasteiger partial charge on any atom is 0.240 e. The maximum absolute atomic E-state index is 12.4. The van der Waals surface area contributed by atoms with E-state index in [1.807, 2.05) is 6.07 Å². The van der Waals surface area contributed by atoms with Crippen LogP contribution in [0.15, 0.2) is 59.5 Å². The SMILES string of the molecule is O=C(CCC(=O)c1ccccc1)NCCc1ccc(S(=O)(=O)NC2CCCC2)cc1. The third-order valence-electron chi connectivity index (χ3n) is 5.32. The zero-order valence-corrected chi connectivity index (χ0v) is 17.8. The fraction of sp³-hybridized carbons (Fsp3) is 0.391. The van der Waals surface area contributed by atoms with Gasteiger partial charge in [-0.3, -0.25) is 9.59 Å². The van der Waals surface area contributed by atoms with E-state index < -0.39 is 10.0 Å². The Kier molecular flexibility index (Phi) is 7.76. The number of carbonyl (C=O) groups is 2. The fourth-order valence-electron chi connectivity index (χ4n) is 3.60. The Morgan fingerprint density at radius 2 is 1.57 bits per heavy atom. The number of Topliss-reactive ketones (excluding diaryl/α,β-unsaturated/α-hetero) is 1. The second kappa shape index (κ2) is 10.5. The summed E-state index contributed by atoms with van der Waals surface area (Å²) in [5.41, 5.74) is 1.55. The van der Waals surface area contributed by atoms with E-state index in [4.69, 9.17) is 0 Å². The van der Waals surface area contributed by atoms with E-state index in [9.17, 15) is 18.0 Å². The minimum atomic E-state index is -3.48. The first kappa shape index (κ1) is 22.2. The molecule has 3 rings (SSSR count). The van der Waals surface area contributed by atoms with Crippen molar-refractivity contribution in [3.8, 4) is 0 Å². The molecule has 0 spiro atoms. The number of hydrogen-bond donors (Lipinski definition) is 2. The van der Waals surface area contributed by atoms with Crippen molar-refractivity contribution >= 4 is 21.7 Å². The Morgan fingerprint density at radius 1 is 0.900 bits per heavy atom. The highest BCUT2D eigenvalue weighted by atomic mass is 32.2. The number of sulfonamides is 1. The van der Waals surface area contributed by atoms with Crippen LogP contribution in [0, 0.1) is 0 Å². The standard InChI is InChI=1S/C23H28N2O4S/c26-22(19-6-2-1-3-7-19)14-15-23(27)24-17-16-18-10-12-21(13-11-18)30(28,29)25-20-8-4-5-9-20/h1-3,6-7,10-13,20,25H,4-5,8-9,14-17H2,(H,24,27). The van der Waals surface area contributed by atoms with Crippen molar-refractivity contribution in [2.24, 2.45) is 0 Å². The zero-order valence-electron chi connectivity index (χ0n) is 17.0. The Balaban J connectivity index is 1.40. The van der Waals surface area contributed by atoms with Crippen molar-refractivity contribution < 1.29 is 18.0 Å². The molecule has 0 saturated heterocycles. The van der Waals surface area contributed by atoms with Crippen LogP contribution in [0.25, 0.3) is 0 Å². The molecule has 1 fully saturated rings. The van der Waals surface area contributed by atoms with Gasteiger partial charge in [0.2, 0.25) is 15.9 Å². The summed E-state index contributed by atoms with van der Waals surface area (Å²) in [6.07, 6.45) is 4.85. The summed E-state index contributed by atoms with van der Waals surface area (Å²) in [5, 5.41) is 2.81. The molecule has 0 radical (unpaired) electrons. The molecule has 2 N–H and O–H groups in total. The average molecular weight is 429 g/mol. The first-order chi connectivity index (χ1) is 14.4. The summed E-state index contributed by atoms with van der Waals surface area (Å²) >= 11 is 0. The number of carbonyl (C=O) groups excluding carboxylic acids is 2. The number of hydrogen-bond acceptors (Lipinski definition) is 4. The van der Waals surface area contributed by atoms with Gasteiger partial charge in [-0.05, 0) is 37.0 Å². The van der Waals surface area contributed by atoms with Gasteiger partial charge in [0.15, 0.2) is 5.78 Å². The highest BCUT2D eigenvalue weighted by molar-refractivity contribution is 7.89. The molecule has 30 heavy (non-hydrogen) atoms. The summed E-state index contributed by atoms with van der Waals surface area (Å²) in [4.78, 5) is 24.3. The first-order valence-electron chi connectivity index (χ1n) is 10.4.